The number of hydrogen-bond donors (Lipinski definition) is 1. The van der Waals surface area contributed by atoms with E-state index >= 15 is 0 Å². The maximum Gasteiger partial charge on any atom is 0.234 e. The Balaban J connectivity index is 1.74. The van der Waals surface area contributed by atoms with Crippen LogP contribution in [0.5, 0.6) is 0 Å². The molecule has 0 fully saturated rings. The molecular weight excluding hydrogens is 417 g/mol. The van der Waals surface area contributed by atoms with Gasteiger partial charge in [-0.05, 0) is 37.3 Å². The number of nitrogens with one attached hydrogen (secondary N) is 1. The Morgan fingerprint density at radius 1 is 1.18 bits per heavy atom. The third-order valence-electron chi connectivity index (χ3n) is 3.56. The zero-order valence-corrected chi connectivity index (χ0v) is 17.4. The van der Waals surface area contributed by atoms with Gasteiger partial charge in [-0.2, -0.15) is 0 Å². The summed E-state index contributed by atoms with van der Waals surface area (Å²) in [4.78, 5) is 16.3. The fourth-order valence-electron chi connectivity index (χ4n) is 2.48. The summed E-state index contributed by atoms with van der Waals surface area (Å²) in [5.74, 6) is 0.669. The molecule has 0 saturated carbocycles. The van der Waals surface area contributed by atoms with Crippen LogP contribution < -0.4 is 5.32 Å². The predicted octanol–water partition coefficient (Wildman–Crippen LogP) is 4.95. The number of anilines is 1. The van der Waals surface area contributed by atoms with Crippen LogP contribution in [0.1, 0.15) is 6.92 Å². The van der Waals surface area contributed by atoms with Crippen molar-refractivity contribution in [1.82, 2.24) is 19.7 Å². The lowest BCUT2D eigenvalue weighted by Gasteiger charge is -2.10. The molecule has 1 amide bonds. The van der Waals surface area contributed by atoms with E-state index in [2.05, 4.69) is 27.1 Å². The Labute approximate surface area is 177 Å². The molecule has 3 aromatic rings. The van der Waals surface area contributed by atoms with Crippen LogP contribution in [-0.2, 0) is 11.3 Å². The number of thioether (sulfide) groups is 1. The van der Waals surface area contributed by atoms with Gasteiger partial charge in [0.05, 0.1) is 5.75 Å². The predicted molar refractivity (Wildman–Crippen MR) is 114 cm³/mol. The number of rotatable bonds is 7. The number of benzene rings is 1. The van der Waals surface area contributed by atoms with Crippen molar-refractivity contribution in [3.8, 4) is 11.4 Å². The Kier molecular flexibility index (Phi) is 6.72. The van der Waals surface area contributed by atoms with Crippen molar-refractivity contribution in [1.29, 1.82) is 0 Å². The number of allylic oxidation sites excluding steroid dienone is 1. The van der Waals surface area contributed by atoms with Gasteiger partial charge in [0.25, 0.3) is 0 Å². The highest BCUT2D eigenvalue weighted by Crippen LogP contribution is 2.26. The lowest BCUT2D eigenvalue weighted by Crippen LogP contribution is -2.14. The molecule has 0 saturated heterocycles. The van der Waals surface area contributed by atoms with Crippen molar-refractivity contribution >= 4 is 46.6 Å². The summed E-state index contributed by atoms with van der Waals surface area (Å²) in [7, 11) is 0. The molecule has 28 heavy (non-hydrogen) atoms. The molecule has 0 aliphatic rings. The number of hydrogen-bond acceptors (Lipinski definition) is 5. The number of halogens is 2. The number of nitrogens with zero attached hydrogens (tertiary/aromatic N) is 4. The van der Waals surface area contributed by atoms with Gasteiger partial charge in [-0.3, -0.25) is 14.3 Å². The Morgan fingerprint density at radius 3 is 2.50 bits per heavy atom. The standard InChI is InChI=1S/C19H17Cl2N5OS/c1-12(2)10-26-18(13-3-5-22-6-4-13)24-25-19(26)28-11-17(27)23-16-8-14(20)7-15(21)9-16/h3-9H,1,10-11H2,2H3,(H,23,27). The Morgan fingerprint density at radius 2 is 1.86 bits per heavy atom. The minimum atomic E-state index is -0.196. The molecule has 3 rings (SSSR count). The van der Waals surface area contributed by atoms with Crippen molar-refractivity contribution in [3.63, 3.8) is 0 Å². The van der Waals surface area contributed by atoms with Crippen molar-refractivity contribution in [3.05, 3.63) is 64.9 Å². The summed E-state index contributed by atoms with van der Waals surface area (Å²) in [5.41, 5.74) is 2.40. The molecule has 0 spiro atoms. The number of pyridine rings is 1. The van der Waals surface area contributed by atoms with E-state index in [4.69, 9.17) is 23.2 Å². The van der Waals surface area contributed by atoms with Crippen molar-refractivity contribution in [2.45, 2.75) is 18.6 Å². The van der Waals surface area contributed by atoms with Crippen LogP contribution in [0.25, 0.3) is 11.4 Å². The molecule has 1 aromatic carbocycles. The van der Waals surface area contributed by atoms with Gasteiger partial charge in [-0.15, -0.1) is 10.2 Å². The van der Waals surface area contributed by atoms with Gasteiger partial charge in [0.1, 0.15) is 0 Å². The van der Waals surface area contributed by atoms with Crippen LogP contribution in [-0.4, -0.2) is 31.4 Å². The molecule has 2 aromatic heterocycles. The average Bonchev–Trinajstić information content (AvgIpc) is 3.01. The highest BCUT2D eigenvalue weighted by atomic mass is 35.5. The van der Waals surface area contributed by atoms with Gasteiger partial charge < -0.3 is 5.32 Å². The molecule has 0 unspecified atom stereocenters. The summed E-state index contributed by atoms with van der Waals surface area (Å²) >= 11 is 13.2. The van der Waals surface area contributed by atoms with E-state index in [0.29, 0.717) is 33.3 Å². The molecule has 0 atom stereocenters. The average molecular weight is 434 g/mol. The second-order valence-corrected chi connectivity index (χ2v) is 7.90. The number of aromatic nitrogens is 4. The van der Waals surface area contributed by atoms with Gasteiger partial charge in [0.15, 0.2) is 11.0 Å². The second-order valence-electron chi connectivity index (χ2n) is 6.08. The molecule has 0 aliphatic heterocycles. The van der Waals surface area contributed by atoms with Crippen LogP contribution in [0.2, 0.25) is 10.0 Å². The van der Waals surface area contributed by atoms with Crippen LogP contribution in [0.3, 0.4) is 0 Å². The smallest absolute Gasteiger partial charge is 0.234 e. The van der Waals surface area contributed by atoms with E-state index in [9.17, 15) is 4.79 Å². The van der Waals surface area contributed by atoms with E-state index in [-0.39, 0.29) is 11.7 Å². The van der Waals surface area contributed by atoms with Crippen molar-refractivity contribution in [2.75, 3.05) is 11.1 Å². The normalized spacial score (nSPS) is 10.7. The van der Waals surface area contributed by atoms with Crippen LogP contribution in [0.4, 0.5) is 5.69 Å². The quantitative estimate of drug-likeness (QED) is 0.421. The van der Waals surface area contributed by atoms with E-state index in [1.807, 2.05) is 23.6 Å². The highest BCUT2D eigenvalue weighted by molar-refractivity contribution is 7.99. The first-order valence-corrected chi connectivity index (χ1v) is 10.0. The molecule has 0 radical (unpaired) electrons. The molecule has 0 bridgehead atoms. The SMILES string of the molecule is C=C(C)Cn1c(SCC(=O)Nc2cc(Cl)cc(Cl)c2)nnc1-c1ccncc1. The van der Waals surface area contributed by atoms with E-state index < -0.39 is 0 Å². The summed E-state index contributed by atoms with van der Waals surface area (Å²) < 4.78 is 1.94. The summed E-state index contributed by atoms with van der Waals surface area (Å²) in [6.45, 7) is 6.46. The monoisotopic (exact) mass is 433 g/mol. The topological polar surface area (TPSA) is 72.7 Å². The van der Waals surface area contributed by atoms with Crippen LogP contribution >= 0.6 is 35.0 Å². The number of carbonyl (C=O) groups is 1. The fourth-order valence-corrected chi connectivity index (χ4v) is 3.74. The van der Waals surface area contributed by atoms with Crippen molar-refractivity contribution in [2.24, 2.45) is 0 Å². The lowest BCUT2D eigenvalue weighted by atomic mass is 10.2. The minimum Gasteiger partial charge on any atom is -0.325 e. The first-order chi connectivity index (χ1) is 13.4. The van der Waals surface area contributed by atoms with E-state index in [0.717, 1.165) is 11.1 Å². The molecule has 1 N–H and O–H groups in total. The Hall–Kier alpha value is -2.35. The summed E-state index contributed by atoms with van der Waals surface area (Å²) in [5, 5.41) is 12.9. The first kappa shape index (κ1) is 20.4. The third kappa shape index (κ3) is 5.34. The first-order valence-electron chi connectivity index (χ1n) is 8.29. The highest BCUT2D eigenvalue weighted by Gasteiger charge is 2.16. The van der Waals surface area contributed by atoms with Crippen LogP contribution in [0.15, 0.2) is 60.0 Å². The maximum atomic E-state index is 12.3. The lowest BCUT2D eigenvalue weighted by molar-refractivity contribution is -0.113. The molecule has 6 nitrogen and oxygen atoms in total. The third-order valence-corrected chi connectivity index (χ3v) is 4.97. The molecule has 0 aliphatic carbocycles. The van der Waals surface area contributed by atoms with Gasteiger partial charge >= 0.3 is 0 Å². The van der Waals surface area contributed by atoms with Gasteiger partial charge in [0.2, 0.25) is 5.91 Å². The molecular formula is C19H17Cl2N5OS. The summed E-state index contributed by atoms with van der Waals surface area (Å²) in [6.07, 6.45) is 3.40. The zero-order chi connectivity index (χ0) is 20.1. The maximum absolute atomic E-state index is 12.3. The molecule has 9 heteroatoms. The Bertz CT molecular complexity index is 987. The van der Waals surface area contributed by atoms with Gasteiger partial charge in [0, 0.05) is 40.2 Å². The van der Waals surface area contributed by atoms with E-state index in [1.54, 1.807) is 30.6 Å². The van der Waals surface area contributed by atoms with E-state index in [1.165, 1.54) is 11.8 Å². The molecule has 144 valence electrons. The van der Waals surface area contributed by atoms with Gasteiger partial charge in [-0.25, -0.2) is 0 Å². The summed E-state index contributed by atoms with van der Waals surface area (Å²) in [6, 6.07) is 8.61. The second kappa shape index (κ2) is 9.23. The van der Waals surface area contributed by atoms with Gasteiger partial charge in [-0.1, -0.05) is 47.1 Å². The minimum absolute atomic E-state index is 0.162. The fraction of sp³-hybridized carbons (Fsp3) is 0.158. The zero-order valence-electron chi connectivity index (χ0n) is 15.0. The number of amides is 1. The molecule has 2 heterocycles. The van der Waals surface area contributed by atoms with Crippen LogP contribution in [0, 0.1) is 0 Å². The largest absolute Gasteiger partial charge is 0.325 e. The van der Waals surface area contributed by atoms with Crippen molar-refractivity contribution < 1.29 is 4.79 Å². The number of carbonyl (C=O) groups excluding carboxylic acids is 1.